The topological polar surface area (TPSA) is 81.4 Å². The number of carbonyl (C=O) groups excluding carboxylic acids is 2. The van der Waals surface area contributed by atoms with Crippen LogP contribution in [-0.4, -0.2) is 24.1 Å². The van der Waals surface area contributed by atoms with Crippen molar-refractivity contribution >= 4 is 29.2 Å². The van der Waals surface area contributed by atoms with Crippen LogP contribution in [0.5, 0.6) is 0 Å². The summed E-state index contributed by atoms with van der Waals surface area (Å²) in [7, 11) is 1.27. The second-order valence-corrected chi connectivity index (χ2v) is 5.21. The van der Waals surface area contributed by atoms with Crippen LogP contribution in [0.4, 0.5) is 5.69 Å². The summed E-state index contributed by atoms with van der Waals surface area (Å²) in [6.07, 6.45) is 0.00689. The van der Waals surface area contributed by atoms with Crippen LogP contribution in [0.1, 0.15) is 41.2 Å². The van der Waals surface area contributed by atoms with Gasteiger partial charge in [0.05, 0.1) is 30.5 Å². The van der Waals surface area contributed by atoms with Crippen molar-refractivity contribution in [3.63, 3.8) is 0 Å². The summed E-state index contributed by atoms with van der Waals surface area (Å²) in [4.78, 5) is 23.9. The average molecular weight is 353 g/mol. The van der Waals surface area contributed by atoms with Crippen molar-refractivity contribution in [2.24, 2.45) is 0 Å². The highest BCUT2D eigenvalue weighted by Crippen LogP contribution is 2.26. The monoisotopic (exact) mass is 352 g/mol. The first-order chi connectivity index (χ1) is 11.4. The number of amides is 1. The van der Waals surface area contributed by atoms with E-state index in [0.717, 1.165) is 0 Å². The molecule has 0 atom stereocenters. The van der Waals surface area contributed by atoms with Crippen molar-refractivity contribution in [1.29, 1.82) is 0 Å². The van der Waals surface area contributed by atoms with Crippen molar-refractivity contribution in [1.82, 2.24) is 5.16 Å². The normalized spacial score (nSPS) is 9.75. The summed E-state index contributed by atoms with van der Waals surface area (Å²) >= 11 is 6.05. The summed E-state index contributed by atoms with van der Waals surface area (Å²) in [5.41, 5.74) is 1.94. The molecule has 2 rings (SSSR count). The van der Waals surface area contributed by atoms with Gasteiger partial charge in [0.25, 0.3) is 0 Å². The predicted octanol–water partition coefficient (Wildman–Crippen LogP) is 3.94. The number of nitrogens with zero attached hydrogens (tertiary/aromatic N) is 1. The van der Waals surface area contributed by atoms with Crippen molar-refractivity contribution in [2.75, 3.05) is 12.4 Å². The molecule has 0 unspecified atom stereocenters. The molecule has 0 bridgehead atoms. The zero-order valence-corrected chi connectivity index (χ0v) is 15.2. The number of hydrogen-bond donors (Lipinski definition) is 1. The SMILES string of the molecule is CC.COC(=O)c1cc(C)c(Cl)cc1NC(=O)Cc1cc(C)no1. The van der Waals surface area contributed by atoms with Crippen LogP contribution in [0.2, 0.25) is 5.02 Å². The predicted molar refractivity (Wildman–Crippen MR) is 92.5 cm³/mol. The first-order valence-corrected chi connectivity index (χ1v) is 7.89. The lowest BCUT2D eigenvalue weighted by molar-refractivity contribution is -0.115. The molecule has 2 aromatic rings. The Morgan fingerprint density at radius 2 is 1.92 bits per heavy atom. The first-order valence-electron chi connectivity index (χ1n) is 7.51. The molecule has 0 spiro atoms. The fraction of sp³-hybridized carbons (Fsp3) is 0.353. The second kappa shape index (κ2) is 9.08. The Morgan fingerprint density at radius 3 is 2.46 bits per heavy atom. The highest BCUT2D eigenvalue weighted by Gasteiger charge is 2.17. The Bertz CT molecular complexity index is 725. The molecule has 130 valence electrons. The number of aromatic nitrogens is 1. The van der Waals surface area contributed by atoms with Gasteiger partial charge < -0.3 is 14.6 Å². The van der Waals surface area contributed by atoms with Gasteiger partial charge in [0.2, 0.25) is 5.91 Å². The van der Waals surface area contributed by atoms with Crippen LogP contribution in [0, 0.1) is 13.8 Å². The van der Waals surface area contributed by atoms with Gasteiger partial charge in [0.15, 0.2) is 0 Å². The van der Waals surface area contributed by atoms with E-state index in [0.29, 0.717) is 27.7 Å². The molecule has 1 aromatic carbocycles. The number of carbonyl (C=O) groups is 2. The molecule has 0 saturated carbocycles. The minimum Gasteiger partial charge on any atom is -0.465 e. The van der Waals surface area contributed by atoms with Gasteiger partial charge in [0, 0.05) is 11.1 Å². The molecule has 0 radical (unpaired) electrons. The van der Waals surface area contributed by atoms with E-state index in [1.54, 1.807) is 26.0 Å². The van der Waals surface area contributed by atoms with Gasteiger partial charge in [-0.3, -0.25) is 4.79 Å². The fourth-order valence-corrected chi connectivity index (χ4v) is 2.08. The molecular formula is C17H21ClN2O4. The number of halogens is 1. The maximum atomic E-state index is 12.1. The maximum Gasteiger partial charge on any atom is 0.339 e. The lowest BCUT2D eigenvalue weighted by Gasteiger charge is -2.11. The van der Waals surface area contributed by atoms with E-state index in [9.17, 15) is 9.59 Å². The third-order valence-electron chi connectivity index (χ3n) is 2.99. The molecule has 1 amide bonds. The van der Waals surface area contributed by atoms with E-state index < -0.39 is 5.97 Å². The van der Waals surface area contributed by atoms with E-state index in [1.165, 1.54) is 13.2 Å². The molecule has 1 N–H and O–H groups in total. The summed E-state index contributed by atoms with van der Waals surface area (Å²) in [6.45, 7) is 7.53. The minimum atomic E-state index is -0.550. The van der Waals surface area contributed by atoms with E-state index in [4.69, 9.17) is 20.9 Å². The number of rotatable bonds is 4. The minimum absolute atomic E-state index is 0.00689. The van der Waals surface area contributed by atoms with Gasteiger partial charge in [0.1, 0.15) is 5.76 Å². The number of esters is 1. The third-order valence-corrected chi connectivity index (χ3v) is 3.40. The van der Waals surface area contributed by atoms with E-state index in [2.05, 4.69) is 10.5 Å². The molecule has 0 aliphatic heterocycles. The summed E-state index contributed by atoms with van der Waals surface area (Å²) < 4.78 is 9.70. The Labute approximate surface area is 146 Å². The Balaban J connectivity index is 0.00000139. The van der Waals surface area contributed by atoms with Crippen LogP contribution in [-0.2, 0) is 16.0 Å². The van der Waals surface area contributed by atoms with Gasteiger partial charge in [-0.2, -0.15) is 0 Å². The summed E-state index contributed by atoms with van der Waals surface area (Å²) in [5, 5.41) is 6.79. The quantitative estimate of drug-likeness (QED) is 0.843. The zero-order valence-electron chi connectivity index (χ0n) is 14.4. The van der Waals surface area contributed by atoms with Gasteiger partial charge >= 0.3 is 5.97 Å². The first kappa shape index (κ1) is 19.7. The van der Waals surface area contributed by atoms with E-state index in [-0.39, 0.29) is 17.9 Å². The van der Waals surface area contributed by atoms with Crippen LogP contribution in [0.15, 0.2) is 22.7 Å². The number of anilines is 1. The van der Waals surface area contributed by atoms with Gasteiger partial charge in [-0.15, -0.1) is 0 Å². The number of nitrogens with one attached hydrogen (secondary N) is 1. The largest absolute Gasteiger partial charge is 0.465 e. The second-order valence-electron chi connectivity index (χ2n) is 4.80. The molecule has 0 aliphatic rings. The smallest absolute Gasteiger partial charge is 0.339 e. The molecule has 7 heteroatoms. The number of methoxy groups -OCH3 is 1. The molecule has 1 heterocycles. The van der Waals surface area contributed by atoms with Gasteiger partial charge in [-0.25, -0.2) is 4.79 Å². The van der Waals surface area contributed by atoms with Crippen LogP contribution < -0.4 is 5.32 Å². The van der Waals surface area contributed by atoms with Gasteiger partial charge in [-0.05, 0) is 31.5 Å². The average Bonchev–Trinajstić information content (AvgIpc) is 2.96. The van der Waals surface area contributed by atoms with Crippen molar-refractivity contribution < 1.29 is 18.8 Å². The lowest BCUT2D eigenvalue weighted by Crippen LogP contribution is -2.17. The number of aryl methyl sites for hydroxylation is 2. The third kappa shape index (κ3) is 5.09. The molecule has 0 fully saturated rings. The highest BCUT2D eigenvalue weighted by atomic mass is 35.5. The number of ether oxygens (including phenoxy) is 1. The van der Waals surface area contributed by atoms with Crippen LogP contribution in [0.25, 0.3) is 0 Å². The van der Waals surface area contributed by atoms with Crippen molar-refractivity contribution in [3.8, 4) is 0 Å². The molecule has 1 aromatic heterocycles. The molecule has 24 heavy (non-hydrogen) atoms. The Morgan fingerprint density at radius 1 is 1.25 bits per heavy atom. The Hall–Kier alpha value is -2.34. The lowest BCUT2D eigenvalue weighted by atomic mass is 10.1. The van der Waals surface area contributed by atoms with E-state index in [1.807, 2.05) is 13.8 Å². The Kier molecular flexibility index (Phi) is 7.45. The number of hydrogen-bond acceptors (Lipinski definition) is 5. The van der Waals surface area contributed by atoms with Crippen molar-refractivity contribution in [3.05, 3.63) is 45.8 Å². The molecule has 0 aliphatic carbocycles. The number of benzene rings is 1. The van der Waals surface area contributed by atoms with Crippen molar-refractivity contribution in [2.45, 2.75) is 34.1 Å². The standard InChI is InChI=1S/C15H15ClN2O4.C2H6/c1-8-4-11(15(20)21-3)13(7-12(8)16)17-14(19)6-10-5-9(2)18-22-10;1-2/h4-5,7H,6H2,1-3H3,(H,17,19);1-2H3. The molecule has 0 saturated heterocycles. The van der Waals surface area contributed by atoms with Crippen LogP contribution in [0.3, 0.4) is 0 Å². The summed E-state index contributed by atoms with van der Waals surface area (Å²) in [5.74, 6) is -0.459. The zero-order chi connectivity index (χ0) is 18.3. The van der Waals surface area contributed by atoms with Crippen LogP contribution >= 0.6 is 11.6 Å². The molecular weight excluding hydrogens is 332 g/mol. The summed E-state index contributed by atoms with van der Waals surface area (Å²) in [6, 6.07) is 4.76. The van der Waals surface area contributed by atoms with E-state index >= 15 is 0 Å². The molecule has 6 nitrogen and oxygen atoms in total. The fourth-order valence-electron chi connectivity index (χ4n) is 1.92. The van der Waals surface area contributed by atoms with Gasteiger partial charge in [-0.1, -0.05) is 30.6 Å². The maximum absolute atomic E-state index is 12.1. The highest BCUT2D eigenvalue weighted by molar-refractivity contribution is 6.32.